The van der Waals surface area contributed by atoms with Gasteiger partial charge in [0.05, 0.1) is 20.3 Å². The number of amides is 1. The lowest BCUT2D eigenvalue weighted by Gasteiger charge is -2.22. The van der Waals surface area contributed by atoms with Crippen molar-refractivity contribution in [3.63, 3.8) is 0 Å². The third-order valence-electron chi connectivity index (χ3n) is 6.65. The van der Waals surface area contributed by atoms with E-state index in [4.69, 9.17) is 14.2 Å². The first-order chi connectivity index (χ1) is 20.8. The minimum atomic E-state index is -4.27. The van der Waals surface area contributed by atoms with Gasteiger partial charge in [-0.25, -0.2) is 8.42 Å². The van der Waals surface area contributed by atoms with Crippen molar-refractivity contribution in [3.8, 4) is 11.5 Å². The van der Waals surface area contributed by atoms with Crippen LogP contribution in [0.2, 0.25) is 0 Å². The van der Waals surface area contributed by atoms with E-state index in [2.05, 4.69) is 10.0 Å². The molecule has 9 nitrogen and oxygen atoms in total. The fraction of sp³-hybridized carbons (Fsp3) is 0.212. The van der Waals surface area contributed by atoms with Gasteiger partial charge in [-0.3, -0.25) is 9.59 Å². The van der Waals surface area contributed by atoms with Crippen molar-refractivity contribution in [2.24, 2.45) is 0 Å². The Balaban J connectivity index is 1.56. The fourth-order valence-corrected chi connectivity index (χ4v) is 5.83. The molecule has 0 saturated heterocycles. The van der Waals surface area contributed by atoms with E-state index in [0.29, 0.717) is 17.7 Å². The van der Waals surface area contributed by atoms with Crippen molar-refractivity contribution in [3.05, 3.63) is 126 Å². The zero-order valence-corrected chi connectivity index (χ0v) is 24.8. The Morgan fingerprint density at radius 1 is 0.744 bits per heavy atom. The smallest absolute Gasteiger partial charge is 0.324 e. The van der Waals surface area contributed by atoms with Crippen molar-refractivity contribution < 1.29 is 32.2 Å². The van der Waals surface area contributed by atoms with Crippen molar-refractivity contribution in [1.82, 2.24) is 10.0 Å². The Kier molecular flexibility index (Phi) is 10.9. The molecule has 2 atom stereocenters. The molecule has 0 aliphatic rings. The molecule has 2 unspecified atom stereocenters. The molecule has 4 aromatic carbocycles. The van der Waals surface area contributed by atoms with Gasteiger partial charge in [0, 0.05) is 11.6 Å². The molecule has 4 rings (SSSR count). The zero-order chi connectivity index (χ0) is 30.7. The van der Waals surface area contributed by atoms with Gasteiger partial charge in [0.2, 0.25) is 10.0 Å². The van der Waals surface area contributed by atoms with E-state index in [0.717, 1.165) is 11.1 Å². The highest BCUT2D eigenvalue weighted by Crippen LogP contribution is 2.28. The second-order valence-corrected chi connectivity index (χ2v) is 11.4. The number of benzene rings is 4. The van der Waals surface area contributed by atoms with Gasteiger partial charge < -0.3 is 19.5 Å². The summed E-state index contributed by atoms with van der Waals surface area (Å²) >= 11 is 0. The van der Waals surface area contributed by atoms with Crippen molar-refractivity contribution >= 4 is 21.9 Å². The molecular formula is C33H34N2O7S. The molecule has 224 valence electrons. The molecule has 0 radical (unpaired) electrons. The van der Waals surface area contributed by atoms with Gasteiger partial charge in [0.15, 0.2) is 0 Å². The number of ether oxygens (including phenoxy) is 3. The first-order valence-electron chi connectivity index (χ1n) is 13.6. The molecule has 43 heavy (non-hydrogen) atoms. The topological polar surface area (TPSA) is 120 Å². The minimum absolute atomic E-state index is 0.0327. The van der Waals surface area contributed by atoms with Crippen LogP contribution in [-0.4, -0.2) is 53.2 Å². The SMILES string of the molecule is COc1ccc(OC)c(S(=O)(=O)NC(Cc2ccccc2)C(=O)OCC(Cc2ccccc2)NC(=O)c2ccccc2)c1. The normalized spacial score (nSPS) is 12.5. The Morgan fingerprint density at radius 3 is 1.91 bits per heavy atom. The molecule has 1 amide bonds. The van der Waals surface area contributed by atoms with E-state index in [-0.39, 0.29) is 29.6 Å². The number of carbonyl (C=O) groups excluding carboxylic acids is 2. The average molecular weight is 603 g/mol. The number of sulfonamides is 1. The third kappa shape index (κ3) is 8.91. The third-order valence-corrected chi connectivity index (χ3v) is 8.14. The lowest BCUT2D eigenvalue weighted by Crippen LogP contribution is -2.46. The Morgan fingerprint density at radius 2 is 1.33 bits per heavy atom. The van der Waals surface area contributed by atoms with E-state index in [1.54, 1.807) is 54.6 Å². The summed E-state index contributed by atoms with van der Waals surface area (Å²) in [6.45, 7) is -0.179. The molecule has 0 fully saturated rings. The summed E-state index contributed by atoms with van der Waals surface area (Å²) in [6.07, 6.45) is 0.424. The number of nitrogens with one attached hydrogen (secondary N) is 2. The summed E-state index contributed by atoms with van der Waals surface area (Å²) in [5.41, 5.74) is 2.13. The number of methoxy groups -OCH3 is 2. The highest BCUT2D eigenvalue weighted by atomic mass is 32.2. The first kappa shape index (κ1) is 31.3. The summed E-state index contributed by atoms with van der Waals surface area (Å²) in [5.74, 6) is -0.710. The Hall–Kier alpha value is -4.67. The lowest BCUT2D eigenvalue weighted by atomic mass is 10.1. The average Bonchev–Trinajstić information content (AvgIpc) is 3.04. The maximum Gasteiger partial charge on any atom is 0.324 e. The van der Waals surface area contributed by atoms with E-state index < -0.39 is 28.1 Å². The van der Waals surface area contributed by atoms with Crippen LogP contribution in [0.5, 0.6) is 11.5 Å². The van der Waals surface area contributed by atoms with Crippen LogP contribution in [0.25, 0.3) is 0 Å². The molecule has 10 heteroatoms. The summed E-state index contributed by atoms with van der Waals surface area (Å²) in [6, 6.07) is 29.7. The summed E-state index contributed by atoms with van der Waals surface area (Å²) < 4.78 is 45.8. The van der Waals surface area contributed by atoms with Gasteiger partial charge in [-0.1, -0.05) is 78.9 Å². The highest BCUT2D eigenvalue weighted by molar-refractivity contribution is 7.89. The van der Waals surface area contributed by atoms with Gasteiger partial charge >= 0.3 is 5.97 Å². The zero-order valence-electron chi connectivity index (χ0n) is 23.9. The second-order valence-electron chi connectivity index (χ2n) is 9.74. The maximum absolute atomic E-state index is 13.6. The van der Waals surface area contributed by atoms with Crippen LogP contribution in [-0.2, 0) is 32.4 Å². The minimum Gasteiger partial charge on any atom is -0.497 e. The van der Waals surface area contributed by atoms with Gasteiger partial charge in [-0.2, -0.15) is 4.72 Å². The maximum atomic E-state index is 13.6. The molecule has 0 spiro atoms. The van der Waals surface area contributed by atoms with Crippen LogP contribution >= 0.6 is 0 Å². The summed E-state index contributed by atoms with van der Waals surface area (Å²) in [5, 5.41) is 2.94. The van der Waals surface area contributed by atoms with E-state index in [9.17, 15) is 18.0 Å². The Labute approximate surface area is 251 Å². The van der Waals surface area contributed by atoms with E-state index in [1.807, 2.05) is 42.5 Å². The second kappa shape index (κ2) is 15.0. The van der Waals surface area contributed by atoms with Gasteiger partial charge in [0.1, 0.15) is 29.0 Å². The van der Waals surface area contributed by atoms with Crippen LogP contribution in [0.4, 0.5) is 0 Å². The van der Waals surface area contributed by atoms with Crippen LogP contribution < -0.4 is 19.5 Å². The summed E-state index contributed by atoms with van der Waals surface area (Å²) in [7, 11) is -1.49. The molecule has 2 N–H and O–H groups in total. The van der Waals surface area contributed by atoms with Crippen LogP contribution in [0.15, 0.2) is 114 Å². The number of hydrogen-bond acceptors (Lipinski definition) is 7. The molecule has 0 aliphatic carbocycles. The first-order valence-corrected chi connectivity index (χ1v) is 15.1. The quantitative estimate of drug-likeness (QED) is 0.208. The van der Waals surface area contributed by atoms with E-state index >= 15 is 0 Å². The van der Waals surface area contributed by atoms with Gasteiger partial charge in [-0.05, 0) is 48.2 Å². The monoisotopic (exact) mass is 602 g/mol. The Bertz CT molecular complexity index is 1600. The standard InChI is InChI=1S/C33H34N2O7S/c1-40-28-18-19-30(41-2)31(22-28)43(38,39)35-29(21-25-14-8-4-9-15-25)33(37)42-23-27(20-24-12-6-3-7-13-24)34-32(36)26-16-10-5-11-17-26/h3-19,22,27,29,35H,20-21,23H2,1-2H3,(H,34,36). The van der Waals surface area contributed by atoms with Gasteiger partial charge in [-0.15, -0.1) is 0 Å². The van der Waals surface area contributed by atoms with Crippen molar-refractivity contribution in [2.75, 3.05) is 20.8 Å². The number of esters is 1. The van der Waals surface area contributed by atoms with Crippen molar-refractivity contribution in [1.29, 1.82) is 0 Å². The highest BCUT2D eigenvalue weighted by Gasteiger charge is 2.30. The molecule has 4 aromatic rings. The van der Waals surface area contributed by atoms with Crippen LogP contribution in [0.3, 0.4) is 0 Å². The van der Waals surface area contributed by atoms with Crippen molar-refractivity contribution in [2.45, 2.75) is 29.8 Å². The van der Waals surface area contributed by atoms with Gasteiger partial charge in [0.25, 0.3) is 5.91 Å². The molecule has 0 aliphatic heterocycles. The molecule has 0 aromatic heterocycles. The lowest BCUT2D eigenvalue weighted by molar-refractivity contribution is -0.146. The largest absolute Gasteiger partial charge is 0.497 e. The van der Waals surface area contributed by atoms with Crippen LogP contribution in [0.1, 0.15) is 21.5 Å². The van der Waals surface area contributed by atoms with E-state index in [1.165, 1.54) is 26.4 Å². The molecule has 0 bridgehead atoms. The molecule has 0 heterocycles. The molecular weight excluding hydrogens is 568 g/mol. The summed E-state index contributed by atoms with van der Waals surface area (Å²) in [4.78, 5) is 26.3. The number of rotatable bonds is 14. The predicted octanol–water partition coefficient (Wildman–Crippen LogP) is 4.18. The number of hydrogen-bond donors (Lipinski definition) is 2. The fourth-order valence-electron chi connectivity index (χ4n) is 4.46. The van der Waals surface area contributed by atoms with Crippen LogP contribution in [0, 0.1) is 0 Å². The predicted molar refractivity (Wildman–Crippen MR) is 163 cm³/mol. The number of carbonyl (C=O) groups is 2. The molecule has 0 saturated carbocycles.